The van der Waals surface area contributed by atoms with Crippen LogP contribution in [0, 0.1) is 6.92 Å². The van der Waals surface area contributed by atoms with E-state index in [1.165, 1.54) is 12.3 Å². The topological polar surface area (TPSA) is 87.7 Å². The van der Waals surface area contributed by atoms with Crippen LogP contribution < -0.4 is 16.0 Å². The number of hydrogen-bond donors (Lipinski definition) is 2. The fourth-order valence-electron chi connectivity index (χ4n) is 2.47. The number of rotatable bonds is 7. The van der Waals surface area contributed by atoms with Crippen molar-refractivity contribution in [3.05, 3.63) is 29.3 Å². The average Bonchev–Trinajstić information content (AvgIpc) is 2.90. The van der Waals surface area contributed by atoms with Crippen molar-refractivity contribution in [2.75, 3.05) is 35.6 Å². The van der Waals surface area contributed by atoms with Gasteiger partial charge in [-0.1, -0.05) is 6.07 Å². The molecule has 2 rings (SSSR count). The summed E-state index contributed by atoms with van der Waals surface area (Å²) in [5.74, 6) is -0.217. The van der Waals surface area contributed by atoms with Gasteiger partial charge in [-0.2, -0.15) is 0 Å². The zero-order chi connectivity index (χ0) is 17.7. The standard InChI is InChI=1S/C16H23N3O4S/c1-4-23-15(20)9-7-13-6-8-14-16(12(13)2)17-18-19(14)10-5-11-24(3,21)22/h6-9,17-18H,4-5,10-11H2,1-3H3/b9-7+. The zero-order valence-electron chi connectivity index (χ0n) is 14.1. The Hall–Kier alpha value is -2.06. The Morgan fingerprint density at radius 1 is 1.38 bits per heavy atom. The molecule has 0 aliphatic carbocycles. The molecule has 7 nitrogen and oxygen atoms in total. The highest BCUT2D eigenvalue weighted by Gasteiger charge is 2.21. The lowest BCUT2D eigenvalue weighted by Gasteiger charge is -2.17. The van der Waals surface area contributed by atoms with Gasteiger partial charge in [0.2, 0.25) is 0 Å². The monoisotopic (exact) mass is 353 g/mol. The number of nitrogens with zero attached hydrogens (tertiary/aromatic N) is 1. The molecule has 8 heteroatoms. The first-order chi connectivity index (χ1) is 11.3. The Morgan fingerprint density at radius 3 is 2.79 bits per heavy atom. The molecule has 1 aliphatic heterocycles. The molecule has 0 atom stereocenters. The lowest BCUT2D eigenvalue weighted by atomic mass is 10.0. The summed E-state index contributed by atoms with van der Waals surface area (Å²) in [5.41, 5.74) is 9.90. The SMILES string of the molecule is CCOC(=O)/C=C/c1ccc2c(c1C)NNN2CCCS(C)(=O)=O. The summed E-state index contributed by atoms with van der Waals surface area (Å²) < 4.78 is 27.3. The molecule has 0 radical (unpaired) electrons. The van der Waals surface area contributed by atoms with Gasteiger partial charge in [-0.3, -0.25) is 5.01 Å². The van der Waals surface area contributed by atoms with Crippen LogP contribution in [0.1, 0.15) is 24.5 Å². The third-order valence-electron chi connectivity index (χ3n) is 3.67. The first-order valence-corrected chi connectivity index (χ1v) is 9.83. The van der Waals surface area contributed by atoms with Crippen LogP contribution in [-0.4, -0.2) is 39.5 Å². The molecule has 0 bridgehead atoms. The van der Waals surface area contributed by atoms with E-state index in [2.05, 4.69) is 11.0 Å². The smallest absolute Gasteiger partial charge is 0.330 e. The Balaban J connectivity index is 2.08. The third kappa shape index (κ3) is 4.72. The Bertz CT molecular complexity index is 744. The molecule has 0 saturated heterocycles. The summed E-state index contributed by atoms with van der Waals surface area (Å²) in [6.07, 6.45) is 4.91. The van der Waals surface area contributed by atoms with Gasteiger partial charge in [0.15, 0.2) is 0 Å². The molecule has 0 unspecified atom stereocenters. The summed E-state index contributed by atoms with van der Waals surface area (Å²) in [4.78, 5) is 11.4. The summed E-state index contributed by atoms with van der Waals surface area (Å²) in [7, 11) is -2.96. The Morgan fingerprint density at radius 2 is 2.12 bits per heavy atom. The minimum absolute atomic E-state index is 0.153. The molecule has 0 fully saturated rings. The van der Waals surface area contributed by atoms with E-state index in [0.717, 1.165) is 22.5 Å². The number of hydrazine groups is 2. The maximum Gasteiger partial charge on any atom is 0.330 e. The number of sulfone groups is 1. The molecule has 1 aromatic carbocycles. The van der Waals surface area contributed by atoms with E-state index < -0.39 is 9.84 Å². The van der Waals surface area contributed by atoms with Gasteiger partial charge in [-0.05, 0) is 43.5 Å². The fourth-order valence-corrected chi connectivity index (χ4v) is 3.12. The summed E-state index contributed by atoms with van der Waals surface area (Å²) >= 11 is 0. The number of ether oxygens (including phenoxy) is 1. The second-order valence-electron chi connectivity index (χ2n) is 5.63. The lowest BCUT2D eigenvalue weighted by Crippen LogP contribution is -2.37. The molecule has 2 N–H and O–H groups in total. The van der Waals surface area contributed by atoms with E-state index in [-0.39, 0.29) is 11.7 Å². The van der Waals surface area contributed by atoms with Gasteiger partial charge in [0.1, 0.15) is 9.84 Å². The van der Waals surface area contributed by atoms with E-state index in [0.29, 0.717) is 19.6 Å². The van der Waals surface area contributed by atoms with Gasteiger partial charge in [-0.15, -0.1) is 5.53 Å². The van der Waals surface area contributed by atoms with Crippen molar-refractivity contribution in [2.24, 2.45) is 0 Å². The number of benzene rings is 1. The number of nitrogens with one attached hydrogen (secondary N) is 2. The maximum absolute atomic E-state index is 11.4. The van der Waals surface area contributed by atoms with Crippen LogP contribution in [0.3, 0.4) is 0 Å². The number of fused-ring (bicyclic) bond motifs is 1. The number of anilines is 2. The molecule has 0 amide bonds. The number of hydrogen-bond acceptors (Lipinski definition) is 7. The summed E-state index contributed by atoms with van der Waals surface area (Å²) in [5, 5.41) is 1.88. The van der Waals surface area contributed by atoms with E-state index in [1.54, 1.807) is 13.0 Å². The third-order valence-corrected chi connectivity index (χ3v) is 4.70. The van der Waals surface area contributed by atoms with Gasteiger partial charge in [0.25, 0.3) is 0 Å². The number of carbonyl (C=O) groups is 1. The van der Waals surface area contributed by atoms with Crippen LogP contribution in [0.4, 0.5) is 11.4 Å². The van der Waals surface area contributed by atoms with Crippen molar-refractivity contribution < 1.29 is 17.9 Å². The molecule has 1 aliphatic rings. The summed E-state index contributed by atoms with van der Waals surface area (Å²) in [6, 6.07) is 3.85. The van der Waals surface area contributed by atoms with Crippen molar-refractivity contribution in [3.8, 4) is 0 Å². The highest BCUT2D eigenvalue weighted by atomic mass is 32.2. The molecular formula is C16H23N3O4S. The molecule has 132 valence electrons. The van der Waals surface area contributed by atoms with Crippen molar-refractivity contribution in [3.63, 3.8) is 0 Å². The van der Waals surface area contributed by atoms with Crippen molar-refractivity contribution in [1.82, 2.24) is 5.53 Å². The first-order valence-electron chi connectivity index (χ1n) is 7.77. The van der Waals surface area contributed by atoms with Gasteiger partial charge in [0.05, 0.1) is 23.7 Å². The highest BCUT2D eigenvalue weighted by molar-refractivity contribution is 7.90. The molecule has 1 heterocycles. The van der Waals surface area contributed by atoms with Crippen LogP contribution in [-0.2, 0) is 19.4 Å². The molecule has 0 saturated carbocycles. The fraction of sp³-hybridized carbons (Fsp3) is 0.438. The second kappa shape index (κ2) is 7.67. The van der Waals surface area contributed by atoms with Crippen LogP contribution in [0.25, 0.3) is 6.08 Å². The van der Waals surface area contributed by atoms with E-state index in [1.807, 2.05) is 24.1 Å². The van der Waals surface area contributed by atoms with E-state index >= 15 is 0 Å². The van der Waals surface area contributed by atoms with E-state index in [4.69, 9.17) is 4.74 Å². The number of carbonyl (C=O) groups excluding carboxylic acids is 1. The average molecular weight is 353 g/mol. The zero-order valence-corrected chi connectivity index (χ0v) is 14.9. The quantitative estimate of drug-likeness (QED) is 0.569. The van der Waals surface area contributed by atoms with Crippen molar-refractivity contribution in [1.29, 1.82) is 0 Å². The molecule has 1 aromatic rings. The normalized spacial score (nSPS) is 13.9. The second-order valence-corrected chi connectivity index (χ2v) is 7.89. The van der Waals surface area contributed by atoms with Gasteiger partial charge in [-0.25, -0.2) is 13.2 Å². The van der Waals surface area contributed by atoms with Crippen molar-refractivity contribution in [2.45, 2.75) is 20.3 Å². The minimum Gasteiger partial charge on any atom is -0.463 e. The predicted octanol–water partition coefficient (Wildman–Crippen LogP) is 1.66. The van der Waals surface area contributed by atoms with Gasteiger partial charge in [0, 0.05) is 18.9 Å². The van der Waals surface area contributed by atoms with Crippen LogP contribution >= 0.6 is 0 Å². The molecule has 0 spiro atoms. The molecule has 0 aromatic heterocycles. The maximum atomic E-state index is 11.4. The first kappa shape index (κ1) is 18.3. The van der Waals surface area contributed by atoms with Gasteiger partial charge < -0.3 is 10.2 Å². The Labute approximate surface area is 142 Å². The van der Waals surface area contributed by atoms with E-state index in [9.17, 15) is 13.2 Å². The largest absolute Gasteiger partial charge is 0.463 e. The van der Waals surface area contributed by atoms with Crippen LogP contribution in [0.2, 0.25) is 0 Å². The Kier molecular flexibility index (Phi) is 5.84. The molecule has 24 heavy (non-hydrogen) atoms. The van der Waals surface area contributed by atoms with Crippen molar-refractivity contribution >= 4 is 33.3 Å². The highest BCUT2D eigenvalue weighted by Crippen LogP contribution is 2.34. The van der Waals surface area contributed by atoms with Crippen LogP contribution in [0.15, 0.2) is 18.2 Å². The minimum atomic E-state index is -2.96. The number of esters is 1. The predicted molar refractivity (Wildman–Crippen MR) is 95.3 cm³/mol. The van der Waals surface area contributed by atoms with Crippen LogP contribution in [0.5, 0.6) is 0 Å². The van der Waals surface area contributed by atoms with Gasteiger partial charge >= 0.3 is 5.97 Å². The lowest BCUT2D eigenvalue weighted by molar-refractivity contribution is -0.137. The molecular weight excluding hydrogens is 330 g/mol. The summed E-state index contributed by atoms with van der Waals surface area (Å²) in [6.45, 7) is 4.64.